The number of carbonyl (C=O) groups is 2. The Labute approximate surface area is 45.4 Å². The van der Waals surface area contributed by atoms with Crippen LogP contribution in [0.25, 0.3) is 0 Å². The zero-order valence-electron chi connectivity index (χ0n) is 3.97. The molecule has 0 saturated heterocycles. The number of rotatable bonds is 3. The molecule has 0 aromatic heterocycles. The van der Waals surface area contributed by atoms with Gasteiger partial charge in [-0.25, -0.2) is 4.79 Å². The van der Waals surface area contributed by atoms with E-state index in [1.165, 1.54) is 0 Å². The van der Waals surface area contributed by atoms with Crippen molar-refractivity contribution in [3.63, 3.8) is 0 Å². The number of primary amides is 1. The number of nitrogens with one attached hydrogen (secondary N) is 3. The zero-order valence-corrected chi connectivity index (χ0v) is 3.97. The lowest BCUT2D eigenvalue weighted by Gasteiger charge is -1.98. The van der Waals surface area contributed by atoms with Crippen LogP contribution in [-0.4, -0.2) is 12.4 Å². The molecule has 6 nitrogen and oxygen atoms in total. The zero-order chi connectivity index (χ0) is 6.41. The first-order chi connectivity index (χ1) is 3.77. The molecule has 0 saturated carbocycles. The maximum Gasteiger partial charge on any atom is 0.327 e. The lowest BCUT2D eigenvalue weighted by Crippen LogP contribution is -2.48. The molecule has 0 unspecified atom stereocenters. The Morgan fingerprint density at radius 3 is 2.62 bits per heavy atom. The molecule has 0 aliphatic heterocycles. The maximum absolute atomic E-state index is 9.77. The van der Waals surface area contributed by atoms with E-state index in [-0.39, 0.29) is 0 Å². The summed E-state index contributed by atoms with van der Waals surface area (Å²) in [7, 11) is 0. The smallest absolute Gasteiger partial charge is 0.327 e. The highest BCUT2D eigenvalue weighted by Gasteiger charge is 1.82. The van der Waals surface area contributed by atoms with Crippen molar-refractivity contribution in [1.29, 1.82) is 0 Å². The minimum Gasteiger partial charge on any atom is -0.351 e. The van der Waals surface area contributed by atoms with Crippen molar-refractivity contribution < 1.29 is 9.59 Å². The van der Waals surface area contributed by atoms with Gasteiger partial charge in [-0.3, -0.25) is 15.6 Å². The molecule has 0 rings (SSSR count). The van der Waals surface area contributed by atoms with E-state index in [0.717, 1.165) is 0 Å². The van der Waals surface area contributed by atoms with Gasteiger partial charge in [0.25, 0.3) is 0 Å². The number of amides is 3. The fraction of sp³-hybridized carbons (Fsp3) is 0. The Morgan fingerprint density at radius 1 is 1.62 bits per heavy atom. The third kappa shape index (κ3) is 4.70. The van der Waals surface area contributed by atoms with E-state index in [1.807, 2.05) is 16.4 Å². The van der Waals surface area contributed by atoms with Crippen LogP contribution in [0.2, 0.25) is 0 Å². The molecule has 5 N–H and O–H groups in total. The average molecular weight is 118 g/mol. The fourth-order valence-electron chi connectivity index (χ4n) is 0.127. The maximum atomic E-state index is 9.77. The van der Waals surface area contributed by atoms with Crippen LogP contribution >= 0.6 is 0 Å². The van der Waals surface area contributed by atoms with E-state index >= 15 is 0 Å². The van der Waals surface area contributed by atoms with Crippen LogP contribution in [0.15, 0.2) is 0 Å². The molecule has 3 amide bonds. The normalized spacial score (nSPS) is 7.50. The first-order valence-corrected chi connectivity index (χ1v) is 1.77. The molecule has 8 heavy (non-hydrogen) atoms. The van der Waals surface area contributed by atoms with Crippen LogP contribution in [0.1, 0.15) is 0 Å². The van der Waals surface area contributed by atoms with Gasteiger partial charge < -0.3 is 5.73 Å². The number of hydrazine groups is 2. The van der Waals surface area contributed by atoms with Crippen LogP contribution in [0.3, 0.4) is 0 Å². The largest absolute Gasteiger partial charge is 0.351 e. The van der Waals surface area contributed by atoms with Gasteiger partial charge in [0.1, 0.15) is 0 Å². The Bertz CT molecular complexity index is 92.0. The molecule has 0 spiro atoms. The lowest BCUT2D eigenvalue weighted by molar-refractivity contribution is -0.110. The van der Waals surface area contributed by atoms with Crippen molar-refractivity contribution in [2.45, 2.75) is 0 Å². The Balaban J connectivity index is 2.93. The van der Waals surface area contributed by atoms with E-state index in [2.05, 4.69) is 5.73 Å². The van der Waals surface area contributed by atoms with Crippen molar-refractivity contribution in [3.05, 3.63) is 0 Å². The molecule has 0 radical (unpaired) electrons. The summed E-state index contributed by atoms with van der Waals surface area (Å²) in [4.78, 5) is 19.2. The van der Waals surface area contributed by atoms with Gasteiger partial charge in [0.15, 0.2) is 0 Å². The second kappa shape index (κ2) is 3.88. The molecule has 0 aromatic carbocycles. The van der Waals surface area contributed by atoms with Gasteiger partial charge >= 0.3 is 6.03 Å². The Hall–Kier alpha value is -1.30. The van der Waals surface area contributed by atoms with Crippen molar-refractivity contribution >= 4 is 12.4 Å². The van der Waals surface area contributed by atoms with E-state index < -0.39 is 6.03 Å². The van der Waals surface area contributed by atoms with Gasteiger partial charge in [0.2, 0.25) is 6.41 Å². The van der Waals surface area contributed by atoms with E-state index in [1.54, 1.807) is 0 Å². The summed E-state index contributed by atoms with van der Waals surface area (Å²) in [6.45, 7) is 0. The van der Waals surface area contributed by atoms with Crippen LogP contribution in [-0.2, 0) is 4.79 Å². The topological polar surface area (TPSA) is 96.2 Å². The molecule has 0 fully saturated rings. The van der Waals surface area contributed by atoms with Gasteiger partial charge in [-0.15, -0.1) is 5.53 Å². The molecular formula is C2H6N4O2. The van der Waals surface area contributed by atoms with Crippen molar-refractivity contribution in [2.24, 2.45) is 5.73 Å². The van der Waals surface area contributed by atoms with Crippen molar-refractivity contribution in [1.82, 2.24) is 16.4 Å². The number of nitrogens with two attached hydrogens (primary N) is 1. The van der Waals surface area contributed by atoms with Gasteiger partial charge in [0, 0.05) is 0 Å². The fourth-order valence-corrected chi connectivity index (χ4v) is 0.127. The monoisotopic (exact) mass is 118 g/mol. The number of hydrogen-bond acceptors (Lipinski definition) is 3. The van der Waals surface area contributed by atoms with Crippen LogP contribution in [0, 0.1) is 0 Å². The molecular weight excluding hydrogens is 112 g/mol. The molecule has 0 aliphatic carbocycles. The summed E-state index contributed by atoms with van der Waals surface area (Å²) >= 11 is 0. The second-order valence-corrected chi connectivity index (χ2v) is 0.876. The van der Waals surface area contributed by atoms with Gasteiger partial charge in [-0.2, -0.15) is 0 Å². The lowest BCUT2D eigenvalue weighted by atomic mass is 11.1. The van der Waals surface area contributed by atoms with Crippen molar-refractivity contribution in [3.8, 4) is 0 Å². The molecule has 0 heterocycles. The minimum absolute atomic E-state index is 0.357. The third-order valence-electron chi connectivity index (χ3n) is 0.317. The first-order valence-electron chi connectivity index (χ1n) is 1.77. The molecule has 0 bridgehead atoms. The summed E-state index contributed by atoms with van der Waals surface area (Å²) < 4.78 is 0. The van der Waals surface area contributed by atoms with Crippen LogP contribution in [0.5, 0.6) is 0 Å². The molecule has 0 aliphatic rings. The van der Waals surface area contributed by atoms with Gasteiger partial charge in [-0.05, 0) is 0 Å². The molecule has 0 aromatic rings. The highest BCUT2D eigenvalue weighted by atomic mass is 16.2. The predicted molar refractivity (Wildman–Crippen MR) is 25.1 cm³/mol. The standard InChI is InChI=1S/C2H6N4O2/c3-2(8)5-6-4-1-7/h1,6H,(H,4,7)(H3,3,5,8). The predicted octanol–water partition coefficient (Wildman–Crippen LogP) is -2.18. The molecule has 46 valence electrons. The van der Waals surface area contributed by atoms with E-state index in [0.29, 0.717) is 6.41 Å². The summed E-state index contributed by atoms with van der Waals surface area (Å²) in [5.41, 5.74) is 10.4. The average Bonchev–Trinajstić information content (AvgIpc) is 1.66. The quantitative estimate of drug-likeness (QED) is 0.193. The summed E-state index contributed by atoms with van der Waals surface area (Å²) in [6.07, 6.45) is 0.357. The second-order valence-electron chi connectivity index (χ2n) is 0.876. The number of urea groups is 1. The molecule has 0 atom stereocenters. The van der Waals surface area contributed by atoms with Crippen LogP contribution in [0.4, 0.5) is 4.79 Å². The number of hydrogen-bond donors (Lipinski definition) is 4. The summed E-state index contributed by atoms with van der Waals surface area (Å²) in [6, 6.07) is -0.764. The minimum atomic E-state index is -0.764. The Morgan fingerprint density at radius 2 is 2.25 bits per heavy atom. The summed E-state index contributed by atoms with van der Waals surface area (Å²) in [5, 5.41) is 0. The van der Waals surface area contributed by atoms with Gasteiger partial charge in [0.05, 0.1) is 0 Å². The van der Waals surface area contributed by atoms with Crippen LogP contribution < -0.4 is 22.1 Å². The third-order valence-corrected chi connectivity index (χ3v) is 0.317. The van der Waals surface area contributed by atoms with Gasteiger partial charge in [-0.1, -0.05) is 0 Å². The Kier molecular flexibility index (Phi) is 3.25. The van der Waals surface area contributed by atoms with E-state index in [9.17, 15) is 9.59 Å². The van der Waals surface area contributed by atoms with E-state index in [4.69, 9.17) is 0 Å². The SMILES string of the molecule is NC(=O)NNNC=O. The highest BCUT2D eigenvalue weighted by Crippen LogP contribution is 1.40. The first kappa shape index (κ1) is 6.70. The molecule has 6 heteroatoms. The van der Waals surface area contributed by atoms with Crippen molar-refractivity contribution in [2.75, 3.05) is 0 Å². The highest BCUT2D eigenvalue weighted by molar-refractivity contribution is 5.71. The number of carbonyl (C=O) groups excluding carboxylic acids is 2. The summed E-state index contributed by atoms with van der Waals surface area (Å²) in [5.74, 6) is 0.